The lowest BCUT2D eigenvalue weighted by molar-refractivity contribution is 0.0687. The number of carbonyl (C=O) groups is 1. The van der Waals surface area contributed by atoms with Crippen LogP contribution in [-0.2, 0) is 10.2 Å². The standard InChI is InChI=1S/C13H22N4O5S/c14-7-11(18)16-9-3-1-8(2-4-9)10-5-6-17(23(15,21)22)12(10)13(19)20/h5-6,8-9,11,16,18H,1-4,7,14H2,(H,19,20)(H2,15,21,22). The number of carboxylic acids is 1. The first-order valence-electron chi connectivity index (χ1n) is 7.36. The van der Waals surface area contributed by atoms with Crippen molar-refractivity contribution in [3.8, 4) is 0 Å². The van der Waals surface area contributed by atoms with Crippen molar-refractivity contribution in [2.75, 3.05) is 6.54 Å². The summed E-state index contributed by atoms with van der Waals surface area (Å²) in [6.07, 6.45) is 3.27. The number of aliphatic hydroxyl groups is 1. The lowest BCUT2D eigenvalue weighted by Gasteiger charge is -2.30. The van der Waals surface area contributed by atoms with Crippen molar-refractivity contribution in [2.24, 2.45) is 10.9 Å². The van der Waals surface area contributed by atoms with Crippen molar-refractivity contribution in [3.05, 3.63) is 23.5 Å². The Morgan fingerprint density at radius 3 is 2.48 bits per heavy atom. The van der Waals surface area contributed by atoms with Crippen LogP contribution in [0.5, 0.6) is 0 Å². The van der Waals surface area contributed by atoms with Crippen LogP contribution >= 0.6 is 0 Å². The van der Waals surface area contributed by atoms with Gasteiger partial charge in [0.05, 0.1) is 0 Å². The van der Waals surface area contributed by atoms with E-state index in [-0.39, 0.29) is 24.2 Å². The van der Waals surface area contributed by atoms with Crippen LogP contribution in [-0.4, -0.2) is 47.4 Å². The Balaban J connectivity index is 2.15. The zero-order chi connectivity index (χ0) is 17.2. The number of nitrogens with one attached hydrogen (secondary N) is 1. The molecule has 23 heavy (non-hydrogen) atoms. The highest BCUT2D eigenvalue weighted by Gasteiger charge is 2.30. The maximum Gasteiger partial charge on any atom is 0.353 e. The number of hydrogen-bond acceptors (Lipinski definition) is 6. The first-order chi connectivity index (χ1) is 10.7. The van der Waals surface area contributed by atoms with E-state index in [9.17, 15) is 23.4 Å². The predicted molar refractivity (Wildman–Crippen MR) is 83.1 cm³/mol. The molecule has 2 rings (SSSR count). The molecule has 9 nitrogen and oxygen atoms in total. The molecule has 1 atom stereocenters. The maximum absolute atomic E-state index is 11.5. The van der Waals surface area contributed by atoms with Crippen LogP contribution in [0.15, 0.2) is 12.3 Å². The first-order valence-corrected chi connectivity index (χ1v) is 8.86. The topological polar surface area (TPSA) is 161 Å². The Morgan fingerprint density at radius 1 is 1.39 bits per heavy atom. The minimum atomic E-state index is -4.15. The van der Waals surface area contributed by atoms with Gasteiger partial charge in [0.25, 0.3) is 0 Å². The van der Waals surface area contributed by atoms with Gasteiger partial charge < -0.3 is 15.9 Å². The van der Waals surface area contributed by atoms with E-state index in [1.165, 1.54) is 12.3 Å². The second kappa shape index (κ2) is 6.97. The minimum Gasteiger partial charge on any atom is -0.477 e. The Labute approximate surface area is 134 Å². The van der Waals surface area contributed by atoms with Crippen molar-refractivity contribution < 1.29 is 23.4 Å². The SMILES string of the molecule is NCC(O)NC1CCC(c2ccn(S(N)(=O)=O)c2C(=O)O)CC1. The van der Waals surface area contributed by atoms with E-state index >= 15 is 0 Å². The van der Waals surface area contributed by atoms with Crippen molar-refractivity contribution in [3.63, 3.8) is 0 Å². The summed E-state index contributed by atoms with van der Waals surface area (Å²) in [5.41, 5.74) is 5.53. The van der Waals surface area contributed by atoms with Gasteiger partial charge in [0.2, 0.25) is 0 Å². The van der Waals surface area contributed by atoms with Crippen LogP contribution in [0.25, 0.3) is 0 Å². The maximum atomic E-state index is 11.5. The third-order valence-corrected chi connectivity index (χ3v) is 5.03. The van der Waals surface area contributed by atoms with Crippen molar-refractivity contribution in [2.45, 2.75) is 43.9 Å². The lowest BCUT2D eigenvalue weighted by atomic mass is 9.81. The molecule has 0 saturated heterocycles. The summed E-state index contributed by atoms with van der Waals surface area (Å²) in [6, 6.07) is 1.61. The summed E-state index contributed by atoms with van der Waals surface area (Å²) in [5.74, 6) is -1.38. The second-order valence-electron chi connectivity index (χ2n) is 5.73. The van der Waals surface area contributed by atoms with Gasteiger partial charge in [0, 0.05) is 18.8 Å². The van der Waals surface area contributed by atoms with E-state index in [2.05, 4.69) is 5.32 Å². The molecule has 0 amide bonds. The Kier molecular flexibility index (Phi) is 5.42. The summed E-state index contributed by atoms with van der Waals surface area (Å²) in [5, 5.41) is 26.9. The fourth-order valence-electron chi connectivity index (χ4n) is 3.10. The highest BCUT2D eigenvalue weighted by atomic mass is 32.2. The average molecular weight is 346 g/mol. The van der Waals surface area contributed by atoms with E-state index in [4.69, 9.17) is 10.9 Å². The molecule has 7 N–H and O–H groups in total. The van der Waals surface area contributed by atoms with Gasteiger partial charge in [-0.2, -0.15) is 8.42 Å². The number of nitrogens with two attached hydrogens (primary N) is 2. The van der Waals surface area contributed by atoms with E-state index in [0.29, 0.717) is 22.4 Å². The zero-order valence-corrected chi connectivity index (χ0v) is 13.4. The van der Waals surface area contributed by atoms with Crippen LogP contribution < -0.4 is 16.2 Å². The summed E-state index contributed by atoms with van der Waals surface area (Å²) < 4.78 is 23.6. The van der Waals surface area contributed by atoms with Crippen LogP contribution in [0, 0.1) is 0 Å². The monoisotopic (exact) mass is 346 g/mol. The van der Waals surface area contributed by atoms with E-state index in [1.54, 1.807) is 0 Å². The predicted octanol–water partition coefficient (Wildman–Crippen LogP) is -0.869. The molecular weight excluding hydrogens is 324 g/mol. The molecule has 0 radical (unpaired) electrons. The Hall–Kier alpha value is -1.46. The van der Waals surface area contributed by atoms with Crippen LogP contribution in [0.2, 0.25) is 0 Å². The minimum absolute atomic E-state index is 0.0582. The number of rotatable bonds is 6. The second-order valence-corrected chi connectivity index (χ2v) is 7.16. The van der Waals surface area contributed by atoms with Gasteiger partial charge in [0.1, 0.15) is 11.9 Å². The van der Waals surface area contributed by atoms with E-state index in [0.717, 1.165) is 12.8 Å². The van der Waals surface area contributed by atoms with Crippen LogP contribution in [0.1, 0.15) is 47.7 Å². The molecule has 1 unspecified atom stereocenters. The molecule has 1 aliphatic rings. The Morgan fingerprint density at radius 2 is 2.00 bits per heavy atom. The molecule has 1 aromatic heterocycles. The molecule has 10 heteroatoms. The van der Waals surface area contributed by atoms with Gasteiger partial charge in [-0.25, -0.2) is 13.9 Å². The summed E-state index contributed by atoms with van der Waals surface area (Å²) >= 11 is 0. The van der Waals surface area contributed by atoms with Gasteiger partial charge in [-0.1, -0.05) is 0 Å². The van der Waals surface area contributed by atoms with Gasteiger partial charge in [0.15, 0.2) is 0 Å². The molecule has 130 valence electrons. The molecule has 1 heterocycles. The number of nitrogens with zero attached hydrogens (tertiary/aromatic N) is 1. The van der Waals surface area contributed by atoms with Crippen LogP contribution in [0.3, 0.4) is 0 Å². The van der Waals surface area contributed by atoms with Crippen LogP contribution in [0.4, 0.5) is 0 Å². The van der Waals surface area contributed by atoms with Gasteiger partial charge >= 0.3 is 16.2 Å². The number of aliphatic hydroxyl groups excluding tert-OH is 1. The normalized spacial score (nSPS) is 23.6. The molecule has 1 fully saturated rings. The highest BCUT2D eigenvalue weighted by molar-refractivity contribution is 7.87. The van der Waals surface area contributed by atoms with Crippen molar-refractivity contribution in [1.29, 1.82) is 0 Å². The van der Waals surface area contributed by atoms with E-state index in [1.807, 2.05) is 0 Å². The van der Waals surface area contributed by atoms with Crippen molar-refractivity contribution >= 4 is 16.2 Å². The molecule has 1 aromatic rings. The lowest BCUT2D eigenvalue weighted by Crippen LogP contribution is -2.44. The van der Waals surface area contributed by atoms with Gasteiger partial charge in [-0.3, -0.25) is 5.32 Å². The number of hydrogen-bond donors (Lipinski definition) is 5. The third-order valence-electron chi connectivity index (χ3n) is 4.18. The average Bonchev–Trinajstić information content (AvgIpc) is 2.93. The molecule has 0 aromatic carbocycles. The summed E-state index contributed by atoms with van der Waals surface area (Å²) in [6.45, 7) is 0.125. The van der Waals surface area contributed by atoms with Gasteiger partial charge in [-0.15, -0.1) is 0 Å². The molecule has 0 spiro atoms. The number of aromatic nitrogens is 1. The molecule has 0 bridgehead atoms. The molecule has 1 aliphatic carbocycles. The fourth-order valence-corrected chi connectivity index (χ4v) is 3.77. The molecule has 1 saturated carbocycles. The number of carboxylic acid groups (broad SMARTS) is 1. The highest BCUT2D eigenvalue weighted by Crippen LogP contribution is 2.35. The van der Waals surface area contributed by atoms with Gasteiger partial charge in [-0.05, 0) is 43.2 Å². The Bertz CT molecular complexity index is 664. The molecular formula is C13H22N4O5S. The fraction of sp³-hybridized carbons (Fsp3) is 0.615. The summed E-state index contributed by atoms with van der Waals surface area (Å²) in [4.78, 5) is 11.4. The first kappa shape index (κ1) is 17.9. The molecule has 0 aliphatic heterocycles. The quantitative estimate of drug-likeness (QED) is 0.418. The third kappa shape index (κ3) is 4.09. The van der Waals surface area contributed by atoms with E-state index < -0.39 is 22.4 Å². The number of aromatic carboxylic acids is 1. The zero-order valence-electron chi connectivity index (χ0n) is 12.6. The van der Waals surface area contributed by atoms with Crippen molar-refractivity contribution in [1.82, 2.24) is 9.29 Å². The largest absolute Gasteiger partial charge is 0.477 e. The smallest absolute Gasteiger partial charge is 0.353 e. The summed E-state index contributed by atoms with van der Waals surface area (Å²) in [7, 11) is -4.15.